The zero-order valence-corrected chi connectivity index (χ0v) is 12.1. The van der Waals surface area contributed by atoms with E-state index in [0.717, 1.165) is 11.6 Å². The van der Waals surface area contributed by atoms with Gasteiger partial charge in [-0.1, -0.05) is 13.3 Å². The van der Waals surface area contributed by atoms with E-state index in [0.29, 0.717) is 17.7 Å². The van der Waals surface area contributed by atoms with Gasteiger partial charge in [0, 0.05) is 18.8 Å². The Morgan fingerprint density at radius 3 is 2.58 bits per heavy atom. The number of nitriles is 1. The molecule has 0 amide bonds. The number of rotatable bonds is 3. The molecule has 1 aliphatic carbocycles. The molecule has 1 aromatic heterocycles. The first-order valence-corrected chi connectivity index (χ1v) is 7.12. The fourth-order valence-corrected chi connectivity index (χ4v) is 2.87. The van der Waals surface area contributed by atoms with Gasteiger partial charge in [0.2, 0.25) is 5.95 Å². The topological polar surface area (TPSA) is 52.8 Å². The molecule has 19 heavy (non-hydrogen) atoms. The number of aryl methyl sites for hydroxylation is 1. The third-order valence-electron chi connectivity index (χ3n) is 4.21. The minimum atomic E-state index is 0.455. The number of anilines is 1. The molecule has 0 saturated heterocycles. The third-order valence-corrected chi connectivity index (χ3v) is 4.21. The molecule has 102 valence electrons. The van der Waals surface area contributed by atoms with Crippen molar-refractivity contribution in [2.24, 2.45) is 5.92 Å². The van der Waals surface area contributed by atoms with Crippen molar-refractivity contribution >= 4 is 5.95 Å². The molecule has 1 aromatic rings. The second kappa shape index (κ2) is 6.01. The van der Waals surface area contributed by atoms with Gasteiger partial charge in [-0.25, -0.2) is 9.97 Å². The van der Waals surface area contributed by atoms with Crippen LogP contribution >= 0.6 is 0 Å². The summed E-state index contributed by atoms with van der Waals surface area (Å²) in [6, 6.07) is 4.34. The van der Waals surface area contributed by atoms with Crippen LogP contribution in [0, 0.1) is 24.2 Å². The van der Waals surface area contributed by atoms with Crippen molar-refractivity contribution in [1.82, 2.24) is 9.97 Å². The second-order valence-corrected chi connectivity index (χ2v) is 5.50. The minimum Gasteiger partial charge on any atom is -0.341 e. The Bertz CT molecular complexity index is 470. The smallest absolute Gasteiger partial charge is 0.226 e. The molecule has 4 heteroatoms. The average Bonchev–Trinajstić information content (AvgIpc) is 2.46. The van der Waals surface area contributed by atoms with Gasteiger partial charge in [0.05, 0.1) is 0 Å². The van der Waals surface area contributed by atoms with Crippen LogP contribution in [0.3, 0.4) is 0 Å². The molecular weight excluding hydrogens is 236 g/mol. The van der Waals surface area contributed by atoms with Crippen LogP contribution in [0.1, 0.15) is 50.4 Å². The molecule has 0 unspecified atom stereocenters. The minimum absolute atomic E-state index is 0.455. The summed E-state index contributed by atoms with van der Waals surface area (Å²) in [4.78, 5) is 10.9. The van der Waals surface area contributed by atoms with Crippen molar-refractivity contribution in [2.45, 2.75) is 52.0 Å². The molecule has 1 aliphatic rings. The maximum atomic E-state index is 8.99. The first-order chi connectivity index (χ1) is 9.13. The highest BCUT2D eigenvalue weighted by atomic mass is 15.3. The molecule has 0 N–H and O–H groups in total. The summed E-state index contributed by atoms with van der Waals surface area (Å²) < 4.78 is 0. The molecule has 2 rings (SSSR count). The predicted octanol–water partition coefficient (Wildman–Crippen LogP) is 3.06. The van der Waals surface area contributed by atoms with Crippen molar-refractivity contribution in [2.75, 3.05) is 11.9 Å². The number of hydrogen-bond donors (Lipinski definition) is 0. The fourth-order valence-electron chi connectivity index (χ4n) is 2.87. The summed E-state index contributed by atoms with van der Waals surface area (Å²) in [7, 11) is 2.05. The maximum Gasteiger partial charge on any atom is 0.226 e. The lowest BCUT2D eigenvalue weighted by Gasteiger charge is -2.34. The molecule has 0 spiro atoms. The summed E-state index contributed by atoms with van der Waals surface area (Å²) in [6.45, 7) is 4.19. The monoisotopic (exact) mass is 258 g/mol. The second-order valence-electron chi connectivity index (χ2n) is 5.50. The van der Waals surface area contributed by atoms with Gasteiger partial charge in [-0.3, -0.25) is 0 Å². The van der Waals surface area contributed by atoms with E-state index in [1.54, 1.807) is 6.07 Å². The number of aromatic nitrogens is 2. The molecule has 1 fully saturated rings. The zero-order valence-electron chi connectivity index (χ0n) is 12.1. The standard InChI is InChI=1S/C15H22N4/c1-4-12-5-7-14(8-6-12)19(3)15-17-11(2)9-13(10-16)18-15/h9,12,14H,4-8H2,1-3H3. The van der Waals surface area contributed by atoms with Gasteiger partial charge in [0.15, 0.2) is 0 Å². The predicted molar refractivity (Wildman–Crippen MR) is 75.9 cm³/mol. The van der Waals surface area contributed by atoms with Gasteiger partial charge in [-0.15, -0.1) is 0 Å². The lowest BCUT2D eigenvalue weighted by molar-refractivity contribution is 0.312. The summed E-state index contributed by atoms with van der Waals surface area (Å²) in [5.41, 5.74) is 1.31. The molecule has 0 radical (unpaired) electrons. The SMILES string of the molecule is CCC1CCC(N(C)c2nc(C)cc(C#N)n2)CC1. The Balaban J connectivity index is 2.10. The van der Waals surface area contributed by atoms with E-state index in [-0.39, 0.29) is 0 Å². The highest BCUT2D eigenvalue weighted by molar-refractivity contribution is 5.36. The van der Waals surface area contributed by atoms with E-state index < -0.39 is 0 Å². The summed E-state index contributed by atoms with van der Waals surface area (Å²) in [6.07, 6.45) is 6.28. The quantitative estimate of drug-likeness (QED) is 0.836. The Morgan fingerprint density at radius 2 is 2.00 bits per heavy atom. The number of hydrogen-bond acceptors (Lipinski definition) is 4. The highest BCUT2D eigenvalue weighted by Crippen LogP contribution is 2.30. The van der Waals surface area contributed by atoms with E-state index in [9.17, 15) is 0 Å². The van der Waals surface area contributed by atoms with Crippen molar-refractivity contribution in [1.29, 1.82) is 5.26 Å². The van der Waals surface area contributed by atoms with Crippen LogP contribution in [0.15, 0.2) is 6.07 Å². The van der Waals surface area contributed by atoms with Crippen LogP contribution < -0.4 is 4.90 Å². The van der Waals surface area contributed by atoms with E-state index in [1.807, 2.05) is 14.0 Å². The fraction of sp³-hybridized carbons (Fsp3) is 0.667. The molecule has 4 nitrogen and oxygen atoms in total. The Morgan fingerprint density at radius 1 is 1.32 bits per heavy atom. The number of nitrogens with zero attached hydrogens (tertiary/aromatic N) is 4. The molecule has 0 bridgehead atoms. The van der Waals surface area contributed by atoms with E-state index in [2.05, 4.69) is 27.9 Å². The van der Waals surface area contributed by atoms with Gasteiger partial charge in [0.1, 0.15) is 11.8 Å². The van der Waals surface area contributed by atoms with Crippen molar-refractivity contribution in [3.8, 4) is 6.07 Å². The van der Waals surface area contributed by atoms with Crippen LogP contribution in [-0.4, -0.2) is 23.1 Å². The van der Waals surface area contributed by atoms with Gasteiger partial charge in [-0.05, 0) is 44.6 Å². The van der Waals surface area contributed by atoms with Crippen molar-refractivity contribution in [3.05, 3.63) is 17.5 Å². The molecule has 0 aliphatic heterocycles. The summed E-state index contributed by atoms with van der Waals surface area (Å²) in [5, 5.41) is 8.99. The summed E-state index contributed by atoms with van der Waals surface area (Å²) in [5.74, 6) is 1.58. The molecule has 0 aromatic carbocycles. The van der Waals surface area contributed by atoms with Gasteiger partial charge >= 0.3 is 0 Å². The van der Waals surface area contributed by atoms with Crippen LogP contribution in [0.5, 0.6) is 0 Å². The first kappa shape index (κ1) is 13.8. The lowest BCUT2D eigenvalue weighted by atomic mass is 9.84. The Labute approximate surface area is 115 Å². The van der Waals surface area contributed by atoms with Crippen LogP contribution in [0.4, 0.5) is 5.95 Å². The largest absolute Gasteiger partial charge is 0.341 e. The van der Waals surface area contributed by atoms with E-state index in [1.165, 1.54) is 32.1 Å². The normalized spacial score (nSPS) is 22.8. The van der Waals surface area contributed by atoms with Crippen molar-refractivity contribution in [3.63, 3.8) is 0 Å². The average molecular weight is 258 g/mol. The molecular formula is C15H22N4. The van der Waals surface area contributed by atoms with Gasteiger partial charge in [0.25, 0.3) is 0 Å². The van der Waals surface area contributed by atoms with Crippen LogP contribution in [-0.2, 0) is 0 Å². The first-order valence-electron chi connectivity index (χ1n) is 7.12. The summed E-state index contributed by atoms with van der Waals surface area (Å²) >= 11 is 0. The maximum absolute atomic E-state index is 8.99. The molecule has 1 heterocycles. The zero-order chi connectivity index (χ0) is 13.8. The Kier molecular flexibility index (Phi) is 4.36. The third kappa shape index (κ3) is 3.23. The van der Waals surface area contributed by atoms with Gasteiger partial charge < -0.3 is 4.90 Å². The van der Waals surface area contributed by atoms with Gasteiger partial charge in [-0.2, -0.15) is 5.26 Å². The van der Waals surface area contributed by atoms with E-state index >= 15 is 0 Å². The highest BCUT2D eigenvalue weighted by Gasteiger charge is 2.24. The molecule has 0 atom stereocenters. The van der Waals surface area contributed by atoms with Crippen LogP contribution in [0.25, 0.3) is 0 Å². The molecule has 1 saturated carbocycles. The van der Waals surface area contributed by atoms with E-state index in [4.69, 9.17) is 5.26 Å². The van der Waals surface area contributed by atoms with Crippen LogP contribution in [0.2, 0.25) is 0 Å². The lowest BCUT2D eigenvalue weighted by Crippen LogP contribution is -2.36. The Hall–Kier alpha value is -1.63. The van der Waals surface area contributed by atoms with Crippen molar-refractivity contribution < 1.29 is 0 Å².